The Bertz CT molecular complexity index is 1650. The molecule has 1 amide bonds. The Hall–Kier alpha value is -4.29. The fourth-order valence-corrected chi connectivity index (χ4v) is 5.23. The van der Waals surface area contributed by atoms with Gasteiger partial charge in [0.05, 0.1) is 28.8 Å². The van der Waals surface area contributed by atoms with Crippen molar-refractivity contribution in [3.8, 4) is 17.3 Å². The molecule has 0 bridgehead atoms. The van der Waals surface area contributed by atoms with Gasteiger partial charge in [-0.05, 0) is 48.0 Å². The monoisotopic (exact) mass is 514 g/mol. The largest absolute Gasteiger partial charge is 0.334 e. The fourth-order valence-electron chi connectivity index (χ4n) is 4.57. The summed E-state index contributed by atoms with van der Waals surface area (Å²) in [6.07, 6.45) is 1.65. The molecule has 0 N–H and O–H groups in total. The van der Waals surface area contributed by atoms with E-state index in [1.807, 2.05) is 10.7 Å². The van der Waals surface area contributed by atoms with Gasteiger partial charge in [0.1, 0.15) is 5.82 Å². The zero-order valence-corrected chi connectivity index (χ0v) is 20.9. The van der Waals surface area contributed by atoms with Crippen LogP contribution in [0.4, 0.5) is 4.39 Å². The fraction of sp³-hybridized carbons (Fsp3) is 0.179. The Morgan fingerprint density at radius 1 is 1.08 bits per heavy atom. The van der Waals surface area contributed by atoms with Crippen molar-refractivity contribution in [1.82, 2.24) is 14.7 Å². The highest BCUT2D eigenvalue weighted by Gasteiger charge is 2.29. The van der Waals surface area contributed by atoms with E-state index in [2.05, 4.69) is 6.07 Å². The number of fused-ring (bicyclic) bond motifs is 1. The van der Waals surface area contributed by atoms with Crippen LogP contribution in [-0.2, 0) is 29.3 Å². The molecule has 0 saturated carbocycles. The number of aromatic nitrogens is 2. The van der Waals surface area contributed by atoms with Gasteiger partial charge in [0.25, 0.3) is 5.91 Å². The molecular weight excluding hydrogens is 491 g/mol. The van der Waals surface area contributed by atoms with Crippen LogP contribution in [0.5, 0.6) is 0 Å². The molecule has 0 spiro atoms. The number of rotatable bonds is 5. The Morgan fingerprint density at radius 2 is 1.84 bits per heavy atom. The molecule has 3 aromatic carbocycles. The topological polar surface area (TPSA) is 96.1 Å². The predicted molar refractivity (Wildman–Crippen MR) is 136 cm³/mol. The summed E-state index contributed by atoms with van der Waals surface area (Å²) in [5, 5.41) is 14.3. The number of nitrogens with zero attached hydrogens (tertiary/aromatic N) is 4. The SMILES string of the molecule is CS(=O)(=O)c1cccc(C(=O)N2CCc3c(c(-c4cccc(C#N)c4)nn3Cc3ccc(F)cc3)C2)c1. The minimum absolute atomic E-state index is 0.0946. The van der Waals surface area contributed by atoms with E-state index < -0.39 is 9.84 Å². The lowest BCUT2D eigenvalue weighted by molar-refractivity contribution is 0.0733. The summed E-state index contributed by atoms with van der Waals surface area (Å²) < 4.78 is 39.3. The molecular formula is C28H23FN4O3S. The zero-order valence-electron chi connectivity index (χ0n) is 20.1. The first-order valence-corrected chi connectivity index (χ1v) is 13.5. The summed E-state index contributed by atoms with van der Waals surface area (Å²) in [4.78, 5) is 15.2. The summed E-state index contributed by atoms with van der Waals surface area (Å²) in [5.41, 5.74) is 4.98. The number of halogens is 1. The van der Waals surface area contributed by atoms with Crippen molar-refractivity contribution in [2.45, 2.75) is 24.4 Å². The third-order valence-corrected chi connectivity index (χ3v) is 7.55. The van der Waals surface area contributed by atoms with Crippen LogP contribution >= 0.6 is 0 Å². The van der Waals surface area contributed by atoms with E-state index in [4.69, 9.17) is 5.10 Å². The standard InChI is InChI=1S/C28H23FN4O3S/c1-37(35,36)24-7-3-6-22(15-24)28(34)32-13-12-26-25(18-32)27(21-5-2-4-20(14-21)16-30)31-33(26)17-19-8-10-23(29)11-9-19/h2-11,14-15H,12-13,17-18H2,1H3. The maximum absolute atomic E-state index is 13.4. The summed E-state index contributed by atoms with van der Waals surface area (Å²) in [6.45, 7) is 1.15. The van der Waals surface area contributed by atoms with Gasteiger partial charge in [0.2, 0.25) is 0 Å². The van der Waals surface area contributed by atoms with Crippen LogP contribution in [0.25, 0.3) is 11.3 Å². The van der Waals surface area contributed by atoms with Crippen molar-refractivity contribution in [2.75, 3.05) is 12.8 Å². The molecule has 0 radical (unpaired) electrons. The van der Waals surface area contributed by atoms with Crippen molar-refractivity contribution >= 4 is 15.7 Å². The van der Waals surface area contributed by atoms with E-state index in [1.165, 1.54) is 24.3 Å². The molecule has 0 unspecified atom stereocenters. The van der Waals surface area contributed by atoms with Gasteiger partial charge in [-0.3, -0.25) is 9.48 Å². The molecule has 37 heavy (non-hydrogen) atoms. The van der Waals surface area contributed by atoms with Gasteiger partial charge in [0.15, 0.2) is 9.84 Å². The summed E-state index contributed by atoms with van der Waals surface area (Å²) >= 11 is 0. The quantitative estimate of drug-likeness (QED) is 0.398. The Balaban J connectivity index is 1.53. The third-order valence-electron chi connectivity index (χ3n) is 6.44. The second-order valence-electron chi connectivity index (χ2n) is 9.03. The highest BCUT2D eigenvalue weighted by Crippen LogP contribution is 2.32. The summed E-state index contributed by atoms with van der Waals surface area (Å²) in [5.74, 6) is -0.575. The zero-order chi connectivity index (χ0) is 26.2. The molecule has 0 saturated heterocycles. The number of hydrogen-bond acceptors (Lipinski definition) is 5. The minimum atomic E-state index is -3.45. The highest BCUT2D eigenvalue weighted by atomic mass is 32.2. The van der Waals surface area contributed by atoms with Crippen LogP contribution in [-0.4, -0.2) is 41.8 Å². The molecule has 5 rings (SSSR count). The number of sulfone groups is 1. The Morgan fingerprint density at radius 3 is 2.57 bits per heavy atom. The van der Waals surface area contributed by atoms with Gasteiger partial charge < -0.3 is 4.90 Å². The van der Waals surface area contributed by atoms with E-state index in [0.29, 0.717) is 36.3 Å². The first-order valence-electron chi connectivity index (χ1n) is 11.7. The summed E-state index contributed by atoms with van der Waals surface area (Å²) in [6, 6.07) is 21.6. The minimum Gasteiger partial charge on any atom is -0.334 e. The Kier molecular flexibility index (Phi) is 6.36. The Labute approximate surface area is 214 Å². The molecule has 1 aliphatic heterocycles. The average Bonchev–Trinajstić information content (AvgIpc) is 3.26. The molecule has 2 heterocycles. The molecule has 4 aromatic rings. The first-order chi connectivity index (χ1) is 17.7. The van der Waals surface area contributed by atoms with Gasteiger partial charge in [-0.1, -0.05) is 30.3 Å². The lowest BCUT2D eigenvalue weighted by atomic mass is 9.99. The van der Waals surface area contributed by atoms with Crippen LogP contribution in [0.1, 0.15) is 32.7 Å². The molecule has 9 heteroatoms. The number of hydrogen-bond donors (Lipinski definition) is 0. The van der Waals surface area contributed by atoms with E-state index in [9.17, 15) is 22.9 Å². The van der Waals surface area contributed by atoms with Crippen molar-refractivity contribution in [3.05, 3.63) is 107 Å². The van der Waals surface area contributed by atoms with E-state index in [-0.39, 0.29) is 23.2 Å². The van der Waals surface area contributed by atoms with Gasteiger partial charge in [-0.2, -0.15) is 10.4 Å². The molecule has 0 fully saturated rings. The number of carbonyl (C=O) groups is 1. The lowest BCUT2D eigenvalue weighted by Crippen LogP contribution is -2.36. The molecule has 186 valence electrons. The molecule has 0 aliphatic carbocycles. The number of nitriles is 1. The van der Waals surface area contributed by atoms with Crippen LogP contribution in [0.15, 0.2) is 77.7 Å². The predicted octanol–water partition coefficient (Wildman–Crippen LogP) is 4.21. The maximum Gasteiger partial charge on any atom is 0.254 e. The number of benzene rings is 3. The average molecular weight is 515 g/mol. The van der Waals surface area contributed by atoms with Gasteiger partial charge in [-0.15, -0.1) is 0 Å². The molecule has 7 nitrogen and oxygen atoms in total. The number of amides is 1. The van der Waals surface area contributed by atoms with Crippen molar-refractivity contribution in [1.29, 1.82) is 5.26 Å². The van der Waals surface area contributed by atoms with Crippen LogP contribution in [0.3, 0.4) is 0 Å². The normalized spacial score (nSPS) is 13.2. The summed E-state index contributed by atoms with van der Waals surface area (Å²) in [7, 11) is -3.45. The van der Waals surface area contributed by atoms with Crippen LogP contribution in [0.2, 0.25) is 0 Å². The van der Waals surface area contributed by atoms with E-state index in [1.54, 1.807) is 47.4 Å². The van der Waals surface area contributed by atoms with Crippen molar-refractivity contribution in [2.24, 2.45) is 0 Å². The van der Waals surface area contributed by atoms with Gasteiger partial charge in [0, 0.05) is 48.2 Å². The van der Waals surface area contributed by atoms with Gasteiger partial charge >= 0.3 is 0 Å². The first kappa shape index (κ1) is 24.4. The van der Waals surface area contributed by atoms with E-state index >= 15 is 0 Å². The van der Waals surface area contributed by atoms with Gasteiger partial charge in [-0.25, -0.2) is 12.8 Å². The van der Waals surface area contributed by atoms with Crippen molar-refractivity contribution < 1.29 is 17.6 Å². The second kappa shape index (κ2) is 9.64. The molecule has 1 aromatic heterocycles. The maximum atomic E-state index is 13.4. The second-order valence-corrected chi connectivity index (χ2v) is 11.0. The van der Waals surface area contributed by atoms with Crippen LogP contribution < -0.4 is 0 Å². The smallest absolute Gasteiger partial charge is 0.254 e. The molecule has 1 aliphatic rings. The lowest BCUT2D eigenvalue weighted by Gasteiger charge is -2.28. The highest BCUT2D eigenvalue weighted by molar-refractivity contribution is 7.90. The molecule has 0 atom stereocenters. The number of carbonyl (C=O) groups excluding carboxylic acids is 1. The van der Waals surface area contributed by atoms with E-state index in [0.717, 1.165) is 28.6 Å². The van der Waals surface area contributed by atoms with Crippen molar-refractivity contribution in [3.63, 3.8) is 0 Å². The third kappa shape index (κ3) is 5.01. The van der Waals surface area contributed by atoms with Crippen LogP contribution in [0, 0.1) is 17.1 Å².